The summed E-state index contributed by atoms with van der Waals surface area (Å²) in [6.07, 6.45) is 16.1. The van der Waals surface area contributed by atoms with Crippen LogP contribution in [0.15, 0.2) is 0 Å². The summed E-state index contributed by atoms with van der Waals surface area (Å²) in [5.41, 5.74) is 1.96. The summed E-state index contributed by atoms with van der Waals surface area (Å²) in [4.78, 5) is 0. The van der Waals surface area contributed by atoms with E-state index in [1.54, 1.807) is 0 Å². The molecule has 2 aliphatic carbocycles. The van der Waals surface area contributed by atoms with Crippen molar-refractivity contribution in [3.05, 3.63) is 0 Å². The van der Waals surface area contributed by atoms with Crippen LogP contribution in [0.4, 0.5) is 0 Å². The van der Waals surface area contributed by atoms with Gasteiger partial charge >= 0.3 is 0 Å². The molecular formula is C18H36O2Si. The Kier molecular flexibility index (Phi) is 7.76. The predicted molar refractivity (Wildman–Crippen MR) is 92.4 cm³/mol. The average Bonchev–Trinajstić information content (AvgIpc) is 3.19. The molecule has 0 heterocycles. The van der Waals surface area contributed by atoms with E-state index in [2.05, 4.69) is 13.8 Å². The Hall–Kier alpha value is 0.137. The largest absolute Gasteiger partial charge is 0.385 e. The third kappa shape index (κ3) is 4.55. The van der Waals surface area contributed by atoms with Crippen LogP contribution in [0.5, 0.6) is 0 Å². The fourth-order valence-corrected chi connectivity index (χ4v) is 10.5. The van der Waals surface area contributed by atoms with Crippen LogP contribution in [0, 0.1) is 0 Å². The summed E-state index contributed by atoms with van der Waals surface area (Å²) in [6, 6.07) is 0. The highest BCUT2D eigenvalue weighted by molar-refractivity contribution is 6.82. The van der Waals surface area contributed by atoms with Crippen LogP contribution in [0.2, 0.25) is 11.1 Å². The zero-order valence-corrected chi connectivity index (χ0v) is 15.4. The van der Waals surface area contributed by atoms with Gasteiger partial charge in [-0.2, -0.15) is 0 Å². The molecule has 2 nitrogen and oxygen atoms in total. The maximum Gasteiger partial charge on any atom is 0.119 e. The van der Waals surface area contributed by atoms with Gasteiger partial charge in [0.15, 0.2) is 0 Å². The molecule has 2 rings (SSSR count). The molecule has 2 fully saturated rings. The monoisotopic (exact) mass is 312 g/mol. The second kappa shape index (κ2) is 9.31. The molecule has 0 atom stereocenters. The standard InChI is InChI=1S/C18H36O2Si/c1-3-13-19-15-21(16-20-14-4-2,17-9-5-6-10-17)18-11-7-8-12-18/h17-18H,3-16H2,1-2H3. The van der Waals surface area contributed by atoms with Crippen molar-refractivity contribution in [2.45, 2.75) is 89.1 Å². The Morgan fingerprint density at radius 3 is 1.43 bits per heavy atom. The van der Waals surface area contributed by atoms with Gasteiger partial charge in [0.05, 0.1) is 0 Å². The summed E-state index contributed by atoms with van der Waals surface area (Å²) in [5.74, 6) is 0. The molecule has 0 aromatic heterocycles. The van der Waals surface area contributed by atoms with Gasteiger partial charge in [0.1, 0.15) is 8.07 Å². The highest BCUT2D eigenvalue weighted by Gasteiger charge is 2.49. The Morgan fingerprint density at radius 1 is 0.714 bits per heavy atom. The van der Waals surface area contributed by atoms with Gasteiger partial charge in [-0.05, 0) is 23.9 Å². The summed E-state index contributed by atoms with van der Waals surface area (Å²) in [6.45, 7) is 6.34. The molecule has 0 unspecified atom stereocenters. The minimum absolute atomic E-state index is 0.946. The minimum Gasteiger partial charge on any atom is -0.385 e. The molecule has 21 heavy (non-hydrogen) atoms. The van der Waals surface area contributed by atoms with E-state index >= 15 is 0 Å². The first kappa shape index (κ1) is 17.5. The van der Waals surface area contributed by atoms with E-state index in [0.717, 1.165) is 49.6 Å². The number of rotatable bonds is 10. The molecule has 0 aliphatic heterocycles. The Bertz CT molecular complexity index is 242. The lowest BCUT2D eigenvalue weighted by atomic mass is 10.3. The van der Waals surface area contributed by atoms with E-state index in [1.807, 2.05) is 0 Å². The van der Waals surface area contributed by atoms with Crippen molar-refractivity contribution in [2.75, 3.05) is 25.7 Å². The van der Waals surface area contributed by atoms with Crippen LogP contribution in [0.25, 0.3) is 0 Å². The van der Waals surface area contributed by atoms with Gasteiger partial charge in [-0.1, -0.05) is 65.2 Å². The van der Waals surface area contributed by atoms with E-state index in [1.165, 1.54) is 51.4 Å². The van der Waals surface area contributed by atoms with Crippen LogP contribution in [-0.2, 0) is 9.47 Å². The molecule has 0 radical (unpaired) electrons. The first-order valence-corrected chi connectivity index (χ1v) is 12.1. The fourth-order valence-electron chi connectivity index (χ4n) is 4.66. The van der Waals surface area contributed by atoms with Crippen LogP contribution < -0.4 is 0 Å². The van der Waals surface area contributed by atoms with Crippen molar-refractivity contribution in [3.63, 3.8) is 0 Å². The van der Waals surface area contributed by atoms with Crippen LogP contribution >= 0.6 is 0 Å². The third-order valence-electron chi connectivity index (χ3n) is 5.77. The zero-order valence-electron chi connectivity index (χ0n) is 14.4. The molecule has 2 saturated carbocycles. The summed E-state index contributed by atoms with van der Waals surface area (Å²) in [7, 11) is -1.45. The van der Waals surface area contributed by atoms with Gasteiger partial charge in [-0.3, -0.25) is 0 Å². The second-order valence-corrected chi connectivity index (χ2v) is 12.0. The first-order valence-electron chi connectivity index (χ1n) is 9.49. The quantitative estimate of drug-likeness (QED) is 0.405. The molecule has 0 aromatic carbocycles. The minimum atomic E-state index is -1.45. The Balaban J connectivity index is 2.08. The third-order valence-corrected chi connectivity index (χ3v) is 11.7. The molecule has 0 saturated heterocycles. The van der Waals surface area contributed by atoms with Crippen molar-refractivity contribution >= 4 is 8.07 Å². The highest BCUT2D eigenvalue weighted by atomic mass is 28.3. The van der Waals surface area contributed by atoms with Crippen molar-refractivity contribution in [2.24, 2.45) is 0 Å². The van der Waals surface area contributed by atoms with Gasteiger partial charge < -0.3 is 9.47 Å². The molecule has 0 amide bonds. The lowest BCUT2D eigenvalue weighted by Crippen LogP contribution is -2.53. The molecule has 2 aliphatic rings. The van der Waals surface area contributed by atoms with Crippen LogP contribution in [-0.4, -0.2) is 33.7 Å². The summed E-state index contributed by atoms with van der Waals surface area (Å²) in [5, 5.41) is 0. The highest BCUT2D eigenvalue weighted by Crippen LogP contribution is 2.50. The van der Waals surface area contributed by atoms with Gasteiger partial charge in [0.2, 0.25) is 0 Å². The Labute approximate surface area is 133 Å². The van der Waals surface area contributed by atoms with Crippen LogP contribution in [0.1, 0.15) is 78.1 Å². The normalized spacial score (nSPS) is 21.4. The van der Waals surface area contributed by atoms with E-state index < -0.39 is 8.07 Å². The maximum absolute atomic E-state index is 6.19. The maximum atomic E-state index is 6.19. The predicted octanol–water partition coefficient (Wildman–Crippen LogP) is 5.26. The lowest BCUT2D eigenvalue weighted by Gasteiger charge is -2.41. The number of hydrogen-bond donors (Lipinski definition) is 0. The van der Waals surface area contributed by atoms with Crippen molar-refractivity contribution in [1.82, 2.24) is 0 Å². The van der Waals surface area contributed by atoms with E-state index in [4.69, 9.17) is 9.47 Å². The lowest BCUT2D eigenvalue weighted by molar-refractivity contribution is 0.143. The van der Waals surface area contributed by atoms with Crippen molar-refractivity contribution in [3.8, 4) is 0 Å². The van der Waals surface area contributed by atoms with Crippen LogP contribution in [0.3, 0.4) is 0 Å². The molecule has 0 spiro atoms. The van der Waals surface area contributed by atoms with Gasteiger partial charge in [0.25, 0.3) is 0 Å². The smallest absolute Gasteiger partial charge is 0.119 e. The first-order chi connectivity index (χ1) is 10.3. The molecule has 124 valence electrons. The SMILES string of the molecule is CCCOC[Si](COCCC)(C1CCCC1)C1CCCC1. The summed E-state index contributed by atoms with van der Waals surface area (Å²) < 4.78 is 12.4. The topological polar surface area (TPSA) is 18.5 Å². The van der Waals surface area contributed by atoms with Gasteiger partial charge in [-0.15, -0.1) is 0 Å². The number of ether oxygens (including phenoxy) is 2. The molecule has 3 heteroatoms. The van der Waals surface area contributed by atoms with Gasteiger partial charge in [-0.25, -0.2) is 0 Å². The fraction of sp³-hybridized carbons (Fsp3) is 1.00. The molecule has 0 N–H and O–H groups in total. The number of hydrogen-bond acceptors (Lipinski definition) is 2. The zero-order chi connectivity index (χ0) is 15.0. The van der Waals surface area contributed by atoms with Crippen molar-refractivity contribution in [1.29, 1.82) is 0 Å². The molecular weight excluding hydrogens is 276 g/mol. The average molecular weight is 313 g/mol. The van der Waals surface area contributed by atoms with E-state index in [9.17, 15) is 0 Å². The summed E-state index contributed by atoms with van der Waals surface area (Å²) >= 11 is 0. The molecule has 0 aromatic rings. The van der Waals surface area contributed by atoms with E-state index in [0.29, 0.717) is 0 Å². The van der Waals surface area contributed by atoms with E-state index in [-0.39, 0.29) is 0 Å². The Morgan fingerprint density at radius 2 is 1.10 bits per heavy atom. The second-order valence-electron chi connectivity index (χ2n) is 7.30. The van der Waals surface area contributed by atoms with Crippen molar-refractivity contribution < 1.29 is 9.47 Å². The molecule has 0 bridgehead atoms. The van der Waals surface area contributed by atoms with Gasteiger partial charge in [0, 0.05) is 25.7 Å².